The summed E-state index contributed by atoms with van der Waals surface area (Å²) in [5, 5.41) is 29.1. The summed E-state index contributed by atoms with van der Waals surface area (Å²) in [7, 11) is 0. The molecule has 0 fully saturated rings. The minimum atomic E-state index is -1.21. The first-order chi connectivity index (χ1) is 9.19. The molecule has 0 radical (unpaired) electrons. The maximum Gasteiger partial charge on any atom is 0.408 e. The summed E-state index contributed by atoms with van der Waals surface area (Å²) in [4.78, 5) is 24.2. The van der Waals surface area contributed by atoms with Crippen molar-refractivity contribution in [2.45, 2.75) is 32.4 Å². The van der Waals surface area contributed by atoms with Crippen LogP contribution in [-0.2, 0) is 9.53 Å². The van der Waals surface area contributed by atoms with Gasteiger partial charge in [0, 0.05) is 19.6 Å². The van der Waals surface area contributed by atoms with Gasteiger partial charge in [-0.2, -0.15) is 0 Å². The molecule has 8 heteroatoms. The van der Waals surface area contributed by atoms with Crippen LogP contribution in [0.25, 0.3) is 0 Å². The van der Waals surface area contributed by atoms with Gasteiger partial charge in [-0.05, 0) is 20.8 Å². The van der Waals surface area contributed by atoms with Gasteiger partial charge in [-0.1, -0.05) is 0 Å². The molecule has 1 amide bonds. The predicted molar refractivity (Wildman–Crippen MR) is 71.4 cm³/mol. The Morgan fingerprint density at radius 2 is 1.70 bits per heavy atom. The topological polar surface area (TPSA) is 119 Å². The Kier molecular flexibility index (Phi) is 8.12. The highest BCUT2D eigenvalue weighted by atomic mass is 16.6. The summed E-state index contributed by atoms with van der Waals surface area (Å²) in [6.07, 6.45) is -0.821. The molecule has 20 heavy (non-hydrogen) atoms. The van der Waals surface area contributed by atoms with E-state index in [4.69, 9.17) is 20.1 Å². The maximum atomic E-state index is 11.6. The Hall–Kier alpha value is -1.38. The number of amides is 1. The molecule has 0 saturated carbocycles. The van der Waals surface area contributed by atoms with Gasteiger partial charge in [0.1, 0.15) is 11.6 Å². The quantitative estimate of drug-likeness (QED) is 0.465. The van der Waals surface area contributed by atoms with Gasteiger partial charge in [-0.25, -0.2) is 9.59 Å². The largest absolute Gasteiger partial charge is 0.480 e. The number of carboxylic acids is 1. The number of rotatable bonds is 8. The van der Waals surface area contributed by atoms with Crippen LogP contribution in [0.5, 0.6) is 0 Å². The van der Waals surface area contributed by atoms with Gasteiger partial charge in [0.2, 0.25) is 0 Å². The van der Waals surface area contributed by atoms with Crippen molar-refractivity contribution in [2.75, 3.05) is 32.8 Å². The van der Waals surface area contributed by atoms with E-state index < -0.39 is 23.7 Å². The van der Waals surface area contributed by atoms with Crippen molar-refractivity contribution in [1.82, 2.24) is 10.2 Å². The fourth-order valence-corrected chi connectivity index (χ4v) is 1.47. The minimum Gasteiger partial charge on any atom is -0.480 e. The average molecular weight is 292 g/mol. The van der Waals surface area contributed by atoms with Gasteiger partial charge in [0.15, 0.2) is 0 Å². The third-order valence-electron chi connectivity index (χ3n) is 2.26. The lowest BCUT2D eigenvalue weighted by Gasteiger charge is -2.26. The molecule has 0 aliphatic heterocycles. The number of aliphatic carboxylic acids is 1. The molecule has 1 atom stereocenters. The van der Waals surface area contributed by atoms with Crippen molar-refractivity contribution < 1.29 is 29.6 Å². The van der Waals surface area contributed by atoms with Gasteiger partial charge in [0.25, 0.3) is 0 Å². The highest BCUT2D eigenvalue weighted by Gasteiger charge is 2.25. The molecular weight excluding hydrogens is 268 g/mol. The highest BCUT2D eigenvalue weighted by molar-refractivity contribution is 5.80. The molecule has 0 aromatic heterocycles. The van der Waals surface area contributed by atoms with E-state index in [1.165, 1.54) is 4.90 Å². The van der Waals surface area contributed by atoms with Crippen LogP contribution in [0.15, 0.2) is 0 Å². The number of hydrogen-bond acceptors (Lipinski definition) is 6. The number of ether oxygens (including phenoxy) is 1. The molecule has 118 valence electrons. The van der Waals surface area contributed by atoms with Crippen LogP contribution in [-0.4, -0.2) is 76.8 Å². The Morgan fingerprint density at radius 1 is 1.20 bits per heavy atom. The first-order valence-electron chi connectivity index (χ1n) is 6.36. The van der Waals surface area contributed by atoms with Gasteiger partial charge in [-0.15, -0.1) is 0 Å². The lowest BCUT2D eigenvalue weighted by atomic mass is 10.2. The second-order valence-electron chi connectivity index (χ2n) is 5.28. The van der Waals surface area contributed by atoms with E-state index in [-0.39, 0.29) is 32.8 Å². The van der Waals surface area contributed by atoms with Crippen LogP contribution in [0.2, 0.25) is 0 Å². The van der Waals surface area contributed by atoms with Crippen LogP contribution >= 0.6 is 0 Å². The molecule has 0 aliphatic rings. The van der Waals surface area contributed by atoms with Crippen molar-refractivity contribution >= 4 is 12.1 Å². The first-order valence-corrected chi connectivity index (χ1v) is 6.36. The number of nitrogens with zero attached hydrogens (tertiary/aromatic N) is 1. The number of nitrogens with one attached hydrogen (secondary N) is 1. The zero-order chi connectivity index (χ0) is 15.8. The monoisotopic (exact) mass is 292 g/mol. The molecule has 0 saturated heterocycles. The molecule has 0 heterocycles. The molecule has 0 unspecified atom stereocenters. The number of carboxylic acid groups (broad SMARTS) is 1. The Bertz CT molecular complexity index is 310. The SMILES string of the molecule is CC(C)(C)OC(=O)N[C@H](CN(CCO)CCO)C(=O)O. The average Bonchev–Trinajstić information content (AvgIpc) is 2.25. The third-order valence-corrected chi connectivity index (χ3v) is 2.26. The van der Waals surface area contributed by atoms with Crippen LogP contribution < -0.4 is 5.32 Å². The summed E-state index contributed by atoms with van der Waals surface area (Å²) in [6.45, 7) is 5.07. The zero-order valence-electron chi connectivity index (χ0n) is 12.1. The zero-order valence-corrected chi connectivity index (χ0v) is 12.1. The Labute approximate surface area is 118 Å². The lowest BCUT2D eigenvalue weighted by Crippen LogP contribution is -2.50. The van der Waals surface area contributed by atoms with Crippen molar-refractivity contribution in [3.8, 4) is 0 Å². The van der Waals surface area contributed by atoms with Gasteiger partial charge < -0.3 is 25.4 Å². The molecule has 0 aliphatic carbocycles. The lowest BCUT2D eigenvalue weighted by molar-refractivity contribution is -0.140. The van der Waals surface area contributed by atoms with E-state index in [9.17, 15) is 9.59 Å². The van der Waals surface area contributed by atoms with Crippen molar-refractivity contribution in [3.63, 3.8) is 0 Å². The number of aliphatic hydroxyl groups is 2. The summed E-state index contributed by atoms with van der Waals surface area (Å²) in [5.74, 6) is -1.21. The van der Waals surface area contributed by atoms with Crippen LogP contribution in [0.1, 0.15) is 20.8 Å². The molecular formula is C12H24N2O6. The summed E-state index contributed by atoms with van der Waals surface area (Å²) >= 11 is 0. The number of alkyl carbamates (subject to hydrolysis) is 1. The van der Waals surface area contributed by atoms with E-state index in [0.717, 1.165) is 0 Å². The molecule has 4 N–H and O–H groups in total. The molecule has 0 bridgehead atoms. The van der Waals surface area contributed by atoms with Crippen molar-refractivity contribution in [1.29, 1.82) is 0 Å². The normalized spacial score (nSPS) is 13.1. The number of carbonyl (C=O) groups excluding carboxylic acids is 1. The van der Waals surface area contributed by atoms with E-state index in [1.54, 1.807) is 20.8 Å². The standard InChI is InChI=1S/C12H24N2O6/c1-12(2,3)20-11(19)13-9(10(17)18)8-14(4-6-15)5-7-16/h9,15-16H,4-8H2,1-3H3,(H,13,19)(H,17,18)/t9-/m1/s1. The van der Waals surface area contributed by atoms with Crippen LogP contribution in [0, 0.1) is 0 Å². The van der Waals surface area contributed by atoms with Crippen molar-refractivity contribution in [3.05, 3.63) is 0 Å². The second-order valence-corrected chi connectivity index (χ2v) is 5.28. The van der Waals surface area contributed by atoms with Crippen LogP contribution in [0.3, 0.4) is 0 Å². The Morgan fingerprint density at radius 3 is 2.05 bits per heavy atom. The molecule has 0 spiro atoms. The first kappa shape index (κ1) is 18.6. The number of hydrogen-bond donors (Lipinski definition) is 4. The van der Waals surface area contributed by atoms with Crippen molar-refractivity contribution in [2.24, 2.45) is 0 Å². The number of carbonyl (C=O) groups is 2. The summed E-state index contributed by atoms with van der Waals surface area (Å²) in [5.41, 5.74) is -0.719. The van der Waals surface area contributed by atoms with Gasteiger partial charge in [0.05, 0.1) is 13.2 Å². The third kappa shape index (κ3) is 8.68. The molecule has 0 rings (SSSR count). The second kappa shape index (κ2) is 8.72. The molecule has 8 nitrogen and oxygen atoms in total. The fraction of sp³-hybridized carbons (Fsp3) is 0.833. The van der Waals surface area contributed by atoms with E-state index in [2.05, 4.69) is 5.32 Å². The summed E-state index contributed by atoms with van der Waals surface area (Å²) < 4.78 is 4.99. The van der Waals surface area contributed by atoms with Crippen LogP contribution in [0.4, 0.5) is 4.79 Å². The van der Waals surface area contributed by atoms with Gasteiger partial charge >= 0.3 is 12.1 Å². The predicted octanol–water partition coefficient (Wildman–Crippen LogP) is -0.749. The van der Waals surface area contributed by atoms with E-state index >= 15 is 0 Å². The number of aliphatic hydroxyl groups excluding tert-OH is 2. The van der Waals surface area contributed by atoms with E-state index in [0.29, 0.717) is 0 Å². The molecule has 0 aromatic carbocycles. The summed E-state index contributed by atoms with van der Waals surface area (Å²) in [6, 6.07) is -1.18. The highest BCUT2D eigenvalue weighted by Crippen LogP contribution is 2.07. The van der Waals surface area contributed by atoms with Gasteiger partial charge in [-0.3, -0.25) is 4.90 Å². The van der Waals surface area contributed by atoms with E-state index in [1.807, 2.05) is 0 Å². The maximum absolute atomic E-state index is 11.6. The molecule has 0 aromatic rings. The fourth-order valence-electron chi connectivity index (χ4n) is 1.47. The smallest absolute Gasteiger partial charge is 0.408 e. The minimum absolute atomic E-state index is 0.0320. The Balaban J connectivity index is 4.56.